The summed E-state index contributed by atoms with van der Waals surface area (Å²) in [6.45, 7) is 6.51. The van der Waals surface area contributed by atoms with E-state index >= 15 is 0 Å². The van der Waals surface area contributed by atoms with Gasteiger partial charge in [-0.05, 0) is 39.5 Å². The predicted molar refractivity (Wildman–Crippen MR) is 66.8 cm³/mol. The van der Waals surface area contributed by atoms with Gasteiger partial charge in [-0.15, -0.1) is 0 Å². The van der Waals surface area contributed by atoms with Crippen LogP contribution in [0.4, 0.5) is 4.79 Å². The Kier molecular flexibility index (Phi) is 4.97. The smallest absolute Gasteiger partial charge is 0.410 e. The molecule has 0 aliphatic carbocycles. The average Bonchev–Trinajstić information content (AvgIpc) is 2.40. The van der Waals surface area contributed by atoms with Crippen molar-refractivity contribution in [1.82, 2.24) is 4.90 Å². The maximum atomic E-state index is 11.9. The lowest BCUT2D eigenvalue weighted by molar-refractivity contribution is 0.0251. The van der Waals surface area contributed by atoms with E-state index in [2.05, 4.69) is 6.07 Å². The van der Waals surface area contributed by atoms with Crippen LogP contribution in [0.2, 0.25) is 0 Å². The normalized spacial score (nSPS) is 25.2. The second-order valence-corrected chi connectivity index (χ2v) is 5.73. The Bertz CT molecular complexity index is 330. The molecular formula is C13H22N2O3. The lowest BCUT2D eigenvalue weighted by atomic mass is 9.95. The van der Waals surface area contributed by atoms with Crippen LogP contribution in [0.25, 0.3) is 0 Å². The zero-order chi connectivity index (χ0) is 13.8. The number of carbonyl (C=O) groups is 1. The van der Waals surface area contributed by atoms with Gasteiger partial charge in [-0.3, -0.25) is 0 Å². The minimum Gasteiger partial charge on any atom is -0.444 e. The molecule has 1 heterocycles. The highest BCUT2D eigenvalue weighted by Gasteiger charge is 2.29. The highest BCUT2D eigenvalue weighted by molar-refractivity contribution is 5.68. The van der Waals surface area contributed by atoms with Gasteiger partial charge in [0.25, 0.3) is 0 Å². The number of aliphatic hydroxyl groups is 1. The number of carbonyl (C=O) groups excluding carboxylic acids is 1. The quantitative estimate of drug-likeness (QED) is 0.775. The second-order valence-electron chi connectivity index (χ2n) is 5.73. The van der Waals surface area contributed by atoms with E-state index in [1.807, 2.05) is 20.8 Å². The van der Waals surface area contributed by atoms with Gasteiger partial charge in [0.05, 0.1) is 12.2 Å². The van der Waals surface area contributed by atoms with Crippen molar-refractivity contribution in [2.75, 3.05) is 13.1 Å². The first-order chi connectivity index (χ1) is 8.33. The molecule has 102 valence electrons. The molecular weight excluding hydrogens is 232 g/mol. The van der Waals surface area contributed by atoms with E-state index in [-0.39, 0.29) is 12.0 Å². The van der Waals surface area contributed by atoms with Crippen LogP contribution < -0.4 is 0 Å². The minimum atomic E-state index is -0.506. The molecule has 1 N–H and O–H groups in total. The fraction of sp³-hybridized carbons (Fsp3) is 0.846. The Morgan fingerprint density at radius 1 is 1.44 bits per heavy atom. The number of aliphatic hydroxyl groups excluding tert-OH is 1. The second kappa shape index (κ2) is 6.05. The summed E-state index contributed by atoms with van der Waals surface area (Å²) in [6, 6.07) is 2.08. The molecule has 0 spiro atoms. The van der Waals surface area contributed by atoms with Crippen LogP contribution in [0.15, 0.2) is 0 Å². The highest BCUT2D eigenvalue weighted by Crippen LogP contribution is 2.22. The number of ether oxygens (including phenoxy) is 1. The van der Waals surface area contributed by atoms with Crippen molar-refractivity contribution in [3.63, 3.8) is 0 Å². The monoisotopic (exact) mass is 254 g/mol. The first kappa shape index (κ1) is 14.8. The first-order valence-electron chi connectivity index (χ1n) is 6.36. The summed E-state index contributed by atoms with van der Waals surface area (Å²) in [5.41, 5.74) is -0.506. The summed E-state index contributed by atoms with van der Waals surface area (Å²) in [6.07, 6.45) is 0.646. The Labute approximate surface area is 108 Å². The third kappa shape index (κ3) is 4.53. The Morgan fingerprint density at radius 2 is 2.06 bits per heavy atom. The van der Waals surface area contributed by atoms with Crippen LogP contribution in [-0.4, -0.2) is 40.9 Å². The van der Waals surface area contributed by atoms with Gasteiger partial charge in [-0.1, -0.05) is 0 Å². The van der Waals surface area contributed by atoms with Gasteiger partial charge in [-0.25, -0.2) is 4.79 Å². The van der Waals surface area contributed by atoms with Crippen molar-refractivity contribution in [1.29, 1.82) is 5.26 Å². The van der Waals surface area contributed by atoms with Crippen LogP contribution >= 0.6 is 0 Å². The van der Waals surface area contributed by atoms with Crippen LogP contribution in [0.5, 0.6) is 0 Å². The van der Waals surface area contributed by atoms with Gasteiger partial charge in [0.2, 0.25) is 0 Å². The molecule has 5 nitrogen and oxygen atoms in total. The van der Waals surface area contributed by atoms with E-state index in [0.717, 1.165) is 0 Å². The van der Waals surface area contributed by atoms with E-state index in [9.17, 15) is 9.90 Å². The zero-order valence-corrected chi connectivity index (χ0v) is 11.3. The van der Waals surface area contributed by atoms with Gasteiger partial charge in [0.1, 0.15) is 5.60 Å². The Hall–Kier alpha value is -1.28. The predicted octanol–water partition coefficient (Wildman–Crippen LogP) is 1.91. The lowest BCUT2D eigenvalue weighted by Gasteiger charge is -2.26. The molecule has 5 heteroatoms. The summed E-state index contributed by atoms with van der Waals surface area (Å²) >= 11 is 0. The van der Waals surface area contributed by atoms with E-state index in [4.69, 9.17) is 10.00 Å². The molecule has 1 amide bonds. The van der Waals surface area contributed by atoms with E-state index in [0.29, 0.717) is 32.4 Å². The van der Waals surface area contributed by atoms with Crippen molar-refractivity contribution in [3.05, 3.63) is 0 Å². The van der Waals surface area contributed by atoms with Gasteiger partial charge in [0.15, 0.2) is 0 Å². The number of hydrogen-bond donors (Lipinski definition) is 1. The van der Waals surface area contributed by atoms with Crippen molar-refractivity contribution in [2.45, 2.75) is 51.7 Å². The number of likely N-dealkylation sites (tertiary alicyclic amines) is 1. The molecule has 0 saturated carbocycles. The molecule has 2 atom stereocenters. The molecule has 1 saturated heterocycles. The molecule has 0 aromatic rings. The topological polar surface area (TPSA) is 73.6 Å². The van der Waals surface area contributed by atoms with Gasteiger partial charge in [0, 0.05) is 19.5 Å². The Morgan fingerprint density at radius 3 is 2.61 bits per heavy atom. The van der Waals surface area contributed by atoms with Crippen LogP contribution in [-0.2, 0) is 4.74 Å². The number of hydrogen-bond acceptors (Lipinski definition) is 4. The highest BCUT2D eigenvalue weighted by atomic mass is 16.6. The minimum absolute atomic E-state index is 0.0394. The fourth-order valence-corrected chi connectivity index (χ4v) is 2.01. The molecule has 0 aromatic carbocycles. The maximum absolute atomic E-state index is 11.9. The molecule has 0 bridgehead atoms. The summed E-state index contributed by atoms with van der Waals surface area (Å²) in [5, 5.41) is 18.6. The molecule has 1 fully saturated rings. The number of rotatable bonds is 1. The first-order valence-corrected chi connectivity index (χ1v) is 6.36. The molecule has 1 aliphatic rings. The lowest BCUT2D eigenvalue weighted by Crippen LogP contribution is -2.37. The number of nitrogens with zero attached hydrogens (tertiary/aromatic N) is 2. The van der Waals surface area contributed by atoms with Crippen LogP contribution in [0.1, 0.15) is 40.0 Å². The van der Waals surface area contributed by atoms with E-state index < -0.39 is 11.7 Å². The molecule has 0 unspecified atom stereocenters. The van der Waals surface area contributed by atoms with Crippen molar-refractivity contribution < 1.29 is 14.6 Å². The fourth-order valence-electron chi connectivity index (χ4n) is 2.01. The molecule has 0 radical (unpaired) electrons. The standard InChI is InChI=1S/C13H22N2O3/c1-13(2,3)18-12(17)15-8-5-10(4-7-14)11(16)6-9-15/h10-11,16H,4-6,8-9H2,1-3H3/t10-,11-/m0/s1. The average molecular weight is 254 g/mol. The number of amides is 1. The van der Waals surface area contributed by atoms with E-state index in [1.165, 1.54) is 0 Å². The zero-order valence-electron chi connectivity index (χ0n) is 11.3. The molecule has 18 heavy (non-hydrogen) atoms. The van der Waals surface area contributed by atoms with Crippen molar-refractivity contribution in [3.8, 4) is 6.07 Å². The van der Waals surface area contributed by atoms with Crippen molar-refractivity contribution >= 4 is 6.09 Å². The van der Waals surface area contributed by atoms with Crippen molar-refractivity contribution in [2.24, 2.45) is 5.92 Å². The van der Waals surface area contributed by atoms with Gasteiger partial charge in [-0.2, -0.15) is 5.26 Å². The summed E-state index contributed by atoms with van der Waals surface area (Å²) in [7, 11) is 0. The summed E-state index contributed by atoms with van der Waals surface area (Å²) in [4.78, 5) is 13.5. The molecule has 1 aliphatic heterocycles. The van der Waals surface area contributed by atoms with E-state index in [1.54, 1.807) is 4.90 Å². The summed E-state index contributed by atoms with van der Waals surface area (Å²) < 4.78 is 5.30. The molecule has 0 aromatic heterocycles. The summed E-state index contributed by atoms with van der Waals surface area (Å²) in [5.74, 6) is -0.0394. The van der Waals surface area contributed by atoms with Crippen LogP contribution in [0, 0.1) is 17.2 Å². The SMILES string of the molecule is CC(C)(C)OC(=O)N1CC[C@H](CC#N)[C@@H](O)CC1. The Balaban J connectivity index is 2.56. The third-order valence-corrected chi connectivity index (χ3v) is 3.01. The largest absolute Gasteiger partial charge is 0.444 e. The number of nitriles is 1. The van der Waals surface area contributed by atoms with Gasteiger partial charge < -0.3 is 14.7 Å². The third-order valence-electron chi connectivity index (χ3n) is 3.01. The maximum Gasteiger partial charge on any atom is 0.410 e. The van der Waals surface area contributed by atoms with Gasteiger partial charge >= 0.3 is 6.09 Å². The van der Waals surface area contributed by atoms with Crippen LogP contribution in [0.3, 0.4) is 0 Å². The molecule has 1 rings (SSSR count).